The van der Waals surface area contributed by atoms with Crippen LogP contribution in [0.3, 0.4) is 0 Å². The maximum atomic E-state index is 14.2. The molecule has 1 amide bonds. The number of halogens is 4. The second-order valence-corrected chi connectivity index (χ2v) is 9.43. The van der Waals surface area contributed by atoms with Crippen molar-refractivity contribution >= 4 is 5.91 Å². The van der Waals surface area contributed by atoms with E-state index in [1.807, 2.05) is 18.1 Å². The largest absolute Gasteiger partial charge is 0.416 e. The molecule has 10 heteroatoms. The number of rotatable bonds is 7. The zero-order valence-electron chi connectivity index (χ0n) is 19.1. The average molecular weight is 483 g/mol. The number of β-amino-alcohol motifs (C(OH)–C–C–N with tert-alkyl or cyclic N) is 1. The van der Waals surface area contributed by atoms with E-state index in [0.717, 1.165) is 42.3 Å². The van der Waals surface area contributed by atoms with Gasteiger partial charge in [-0.25, -0.2) is 4.39 Å². The van der Waals surface area contributed by atoms with Crippen LogP contribution in [0.2, 0.25) is 0 Å². The van der Waals surface area contributed by atoms with E-state index in [-0.39, 0.29) is 23.3 Å². The van der Waals surface area contributed by atoms with Crippen LogP contribution in [0.25, 0.3) is 0 Å². The molecule has 1 fully saturated rings. The van der Waals surface area contributed by atoms with Crippen molar-refractivity contribution in [3.05, 3.63) is 52.6 Å². The first-order valence-corrected chi connectivity index (χ1v) is 11.7. The molecule has 1 aliphatic heterocycles. The van der Waals surface area contributed by atoms with Crippen LogP contribution in [0, 0.1) is 11.7 Å². The van der Waals surface area contributed by atoms with Gasteiger partial charge in [-0.3, -0.25) is 9.48 Å². The van der Waals surface area contributed by atoms with E-state index in [9.17, 15) is 27.5 Å². The third-order valence-electron chi connectivity index (χ3n) is 6.84. The number of benzene rings is 1. The van der Waals surface area contributed by atoms with Crippen LogP contribution < -0.4 is 5.32 Å². The normalized spacial score (nSPS) is 21.9. The number of fused-ring (bicyclic) bond motifs is 1. The molecule has 2 N–H and O–H groups in total. The lowest BCUT2D eigenvalue weighted by atomic mass is 9.87. The molecule has 0 radical (unpaired) electrons. The summed E-state index contributed by atoms with van der Waals surface area (Å²) >= 11 is 0. The number of aromatic nitrogens is 2. The molecule has 1 aliphatic carbocycles. The maximum Gasteiger partial charge on any atom is 0.416 e. The Hall–Kier alpha value is -2.46. The highest BCUT2D eigenvalue weighted by atomic mass is 19.4. The number of aryl methyl sites for hydroxylation is 2. The molecule has 0 spiro atoms. The predicted molar refractivity (Wildman–Crippen MR) is 118 cm³/mol. The van der Waals surface area contributed by atoms with Gasteiger partial charge in [0.05, 0.1) is 17.4 Å². The highest BCUT2D eigenvalue weighted by Crippen LogP contribution is 2.35. The van der Waals surface area contributed by atoms with Crippen LogP contribution in [0.5, 0.6) is 0 Å². The lowest BCUT2D eigenvalue weighted by Gasteiger charge is -2.22. The Morgan fingerprint density at radius 1 is 1.32 bits per heavy atom. The van der Waals surface area contributed by atoms with Crippen LogP contribution in [0.1, 0.15) is 47.6 Å². The zero-order chi connectivity index (χ0) is 24.5. The highest BCUT2D eigenvalue weighted by molar-refractivity contribution is 5.79. The van der Waals surface area contributed by atoms with Gasteiger partial charge in [-0.15, -0.1) is 0 Å². The third-order valence-corrected chi connectivity index (χ3v) is 6.84. The van der Waals surface area contributed by atoms with Crippen molar-refractivity contribution in [3.63, 3.8) is 0 Å². The number of aliphatic hydroxyl groups is 1. The molecule has 4 rings (SSSR count). The fourth-order valence-corrected chi connectivity index (χ4v) is 5.05. The quantitative estimate of drug-likeness (QED) is 0.596. The van der Waals surface area contributed by atoms with Crippen molar-refractivity contribution < 1.29 is 27.5 Å². The molecule has 3 atom stereocenters. The topological polar surface area (TPSA) is 70.4 Å². The molecule has 1 aromatic carbocycles. The van der Waals surface area contributed by atoms with Gasteiger partial charge in [0.1, 0.15) is 5.82 Å². The maximum absolute atomic E-state index is 14.2. The van der Waals surface area contributed by atoms with Crippen molar-refractivity contribution in [2.45, 2.75) is 50.3 Å². The number of amides is 1. The number of aliphatic hydroxyl groups excluding tert-OH is 1. The number of hydrogen-bond acceptors (Lipinski definition) is 4. The standard InChI is InChI=1S/C24H30F4N4O2/c1-31-12-17-10-15(2-5-22(17)30-31)23(34)29-8-6-19(33)14-32-9-7-16(13-32)20-11-18(24(26,27)28)3-4-21(20)25/h3-4,11-12,15-16,19,33H,2,5-10,13-14H2,1H3,(H,29,34)/t15?,16?,19-/m1/s1. The van der Waals surface area contributed by atoms with Crippen molar-refractivity contribution in [1.82, 2.24) is 20.0 Å². The number of hydrogen-bond donors (Lipinski definition) is 2. The molecule has 0 bridgehead atoms. The number of carbonyl (C=O) groups is 1. The Bertz CT molecular complexity index is 1020. The van der Waals surface area contributed by atoms with Crippen molar-refractivity contribution in [3.8, 4) is 0 Å². The Balaban J connectivity index is 1.21. The lowest BCUT2D eigenvalue weighted by Crippen LogP contribution is -2.37. The molecule has 34 heavy (non-hydrogen) atoms. The van der Waals surface area contributed by atoms with Gasteiger partial charge in [-0.1, -0.05) is 0 Å². The van der Waals surface area contributed by atoms with E-state index >= 15 is 0 Å². The highest BCUT2D eigenvalue weighted by Gasteiger charge is 2.34. The van der Waals surface area contributed by atoms with Gasteiger partial charge in [-0.05, 0) is 68.0 Å². The van der Waals surface area contributed by atoms with E-state index in [0.29, 0.717) is 45.4 Å². The van der Waals surface area contributed by atoms with E-state index in [1.165, 1.54) is 0 Å². The molecule has 0 saturated carbocycles. The van der Waals surface area contributed by atoms with Crippen LogP contribution in [0.15, 0.2) is 24.4 Å². The summed E-state index contributed by atoms with van der Waals surface area (Å²) in [6.07, 6.45) is -0.165. The Morgan fingerprint density at radius 2 is 2.12 bits per heavy atom. The molecule has 2 aliphatic rings. The predicted octanol–water partition coefficient (Wildman–Crippen LogP) is 3.04. The molecule has 1 saturated heterocycles. The van der Waals surface area contributed by atoms with Crippen LogP contribution >= 0.6 is 0 Å². The fraction of sp³-hybridized carbons (Fsp3) is 0.583. The summed E-state index contributed by atoms with van der Waals surface area (Å²) in [5, 5.41) is 17.7. The molecule has 186 valence electrons. The van der Waals surface area contributed by atoms with Crippen LogP contribution in [-0.2, 0) is 30.9 Å². The van der Waals surface area contributed by atoms with Gasteiger partial charge in [0.25, 0.3) is 0 Å². The van der Waals surface area contributed by atoms with Gasteiger partial charge < -0.3 is 15.3 Å². The van der Waals surface area contributed by atoms with E-state index in [4.69, 9.17) is 0 Å². The van der Waals surface area contributed by atoms with Crippen molar-refractivity contribution in [1.29, 1.82) is 0 Å². The van der Waals surface area contributed by atoms with E-state index < -0.39 is 23.7 Å². The van der Waals surface area contributed by atoms with Gasteiger partial charge in [-0.2, -0.15) is 18.3 Å². The molecule has 2 heterocycles. The summed E-state index contributed by atoms with van der Waals surface area (Å²) in [4.78, 5) is 14.5. The number of nitrogens with zero attached hydrogens (tertiary/aromatic N) is 3. The number of likely N-dealkylation sites (tertiary alicyclic amines) is 1. The Kier molecular flexibility index (Phi) is 7.28. The molecular weight excluding hydrogens is 452 g/mol. The first-order valence-electron chi connectivity index (χ1n) is 11.7. The summed E-state index contributed by atoms with van der Waals surface area (Å²) in [7, 11) is 1.87. The van der Waals surface area contributed by atoms with Crippen molar-refractivity contribution in [2.75, 3.05) is 26.2 Å². The fourth-order valence-electron chi connectivity index (χ4n) is 5.05. The molecular formula is C24H30F4N4O2. The molecule has 1 aromatic heterocycles. The third kappa shape index (κ3) is 5.78. The molecule has 6 nitrogen and oxygen atoms in total. The van der Waals surface area contributed by atoms with E-state index in [1.54, 1.807) is 4.68 Å². The minimum Gasteiger partial charge on any atom is -0.392 e. The number of nitrogens with one attached hydrogen (secondary N) is 1. The SMILES string of the molecule is Cn1cc2c(n1)CCC(C(=O)NCC[C@@H](O)CN1CCC(c3cc(C(F)(F)F)ccc3F)C1)C2. The first kappa shape index (κ1) is 24.7. The van der Waals surface area contributed by atoms with E-state index in [2.05, 4.69) is 10.4 Å². The Morgan fingerprint density at radius 3 is 2.88 bits per heavy atom. The summed E-state index contributed by atoms with van der Waals surface area (Å²) < 4.78 is 55.0. The molecule has 2 aromatic rings. The van der Waals surface area contributed by atoms with Gasteiger partial charge in [0.2, 0.25) is 5.91 Å². The average Bonchev–Trinajstić information content (AvgIpc) is 3.37. The first-order chi connectivity index (χ1) is 16.1. The zero-order valence-corrected chi connectivity index (χ0v) is 19.1. The Labute approximate surface area is 195 Å². The summed E-state index contributed by atoms with van der Waals surface area (Å²) in [6.45, 7) is 1.63. The van der Waals surface area contributed by atoms with Gasteiger partial charge in [0.15, 0.2) is 0 Å². The lowest BCUT2D eigenvalue weighted by molar-refractivity contribution is -0.137. The molecule has 2 unspecified atom stereocenters. The van der Waals surface area contributed by atoms with Crippen LogP contribution in [-0.4, -0.2) is 58.0 Å². The smallest absolute Gasteiger partial charge is 0.392 e. The summed E-state index contributed by atoms with van der Waals surface area (Å²) in [6, 6.07) is 2.53. The second-order valence-electron chi connectivity index (χ2n) is 9.43. The minimum absolute atomic E-state index is 0.0250. The van der Waals surface area contributed by atoms with Crippen molar-refractivity contribution in [2.24, 2.45) is 13.0 Å². The summed E-state index contributed by atoms with van der Waals surface area (Å²) in [5.41, 5.74) is 1.38. The summed E-state index contributed by atoms with van der Waals surface area (Å²) in [5.74, 6) is -1.11. The number of carbonyl (C=O) groups excluding carboxylic acids is 1. The van der Waals surface area contributed by atoms with Gasteiger partial charge >= 0.3 is 6.18 Å². The minimum atomic E-state index is -4.51. The second kappa shape index (κ2) is 10.0. The monoisotopic (exact) mass is 482 g/mol. The number of alkyl halides is 3. The van der Waals surface area contributed by atoms with Gasteiger partial charge in [0, 0.05) is 44.7 Å². The van der Waals surface area contributed by atoms with Crippen LogP contribution in [0.4, 0.5) is 17.6 Å².